The molecule has 0 fully saturated rings. The summed E-state index contributed by atoms with van der Waals surface area (Å²) in [7, 11) is 1.85. The molecule has 5 nitrogen and oxygen atoms in total. The van der Waals surface area contributed by atoms with Crippen LogP contribution in [0.5, 0.6) is 0 Å². The normalized spacial score (nSPS) is 10.6. The highest BCUT2D eigenvalue weighted by Gasteiger charge is 2.09. The summed E-state index contributed by atoms with van der Waals surface area (Å²) >= 11 is 3.16. The van der Waals surface area contributed by atoms with Crippen LogP contribution in [0.4, 0.5) is 0 Å². The lowest BCUT2D eigenvalue weighted by molar-refractivity contribution is 0.896. The molecule has 2 aromatic heterocycles. The minimum atomic E-state index is -0.194. The Morgan fingerprint density at radius 1 is 1.53 bits per heavy atom. The van der Waals surface area contributed by atoms with Gasteiger partial charge in [0.1, 0.15) is 4.47 Å². The number of aryl methyl sites for hydroxylation is 2. The standard InChI is InChI=1S/C9H9BrN4O/c1-5-6(10)9(15)13-7(12-5)8-11-3-4-14(8)2/h3-4H,1-2H3,(H,12,13,15). The van der Waals surface area contributed by atoms with Gasteiger partial charge in [0.2, 0.25) is 0 Å². The molecular weight excluding hydrogens is 260 g/mol. The van der Waals surface area contributed by atoms with Crippen molar-refractivity contribution in [1.29, 1.82) is 0 Å². The van der Waals surface area contributed by atoms with Gasteiger partial charge in [-0.15, -0.1) is 0 Å². The van der Waals surface area contributed by atoms with Crippen LogP contribution < -0.4 is 5.56 Å². The molecule has 0 radical (unpaired) electrons. The monoisotopic (exact) mass is 268 g/mol. The number of H-pyrrole nitrogens is 1. The molecule has 0 aliphatic rings. The Kier molecular flexibility index (Phi) is 2.44. The van der Waals surface area contributed by atoms with Crippen molar-refractivity contribution in [2.24, 2.45) is 7.05 Å². The Hall–Kier alpha value is -1.43. The molecule has 0 spiro atoms. The molecular formula is C9H9BrN4O. The van der Waals surface area contributed by atoms with Gasteiger partial charge >= 0.3 is 0 Å². The lowest BCUT2D eigenvalue weighted by atomic mass is 10.4. The maximum atomic E-state index is 11.5. The second-order valence-electron chi connectivity index (χ2n) is 3.18. The predicted octanol–water partition coefficient (Wildman–Crippen LogP) is 1.24. The largest absolute Gasteiger partial charge is 0.331 e. The zero-order chi connectivity index (χ0) is 11.0. The number of nitrogens with one attached hydrogen (secondary N) is 1. The summed E-state index contributed by atoms with van der Waals surface area (Å²) in [6, 6.07) is 0. The second kappa shape index (κ2) is 3.62. The van der Waals surface area contributed by atoms with Crippen molar-refractivity contribution < 1.29 is 0 Å². The van der Waals surface area contributed by atoms with Crippen LogP contribution in [0.25, 0.3) is 11.6 Å². The number of aromatic nitrogens is 4. The van der Waals surface area contributed by atoms with E-state index in [1.54, 1.807) is 23.9 Å². The second-order valence-corrected chi connectivity index (χ2v) is 3.97. The summed E-state index contributed by atoms with van der Waals surface area (Å²) in [4.78, 5) is 22.5. The van der Waals surface area contributed by atoms with Crippen molar-refractivity contribution in [2.75, 3.05) is 0 Å². The number of nitrogens with zero attached hydrogens (tertiary/aromatic N) is 3. The van der Waals surface area contributed by atoms with Crippen molar-refractivity contribution in [2.45, 2.75) is 6.92 Å². The molecule has 0 aromatic carbocycles. The minimum Gasteiger partial charge on any atom is -0.331 e. The number of halogens is 1. The van der Waals surface area contributed by atoms with Crippen LogP contribution in [0.3, 0.4) is 0 Å². The number of rotatable bonds is 1. The van der Waals surface area contributed by atoms with Gasteiger partial charge < -0.3 is 9.55 Å². The van der Waals surface area contributed by atoms with Crippen LogP contribution in [-0.2, 0) is 7.05 Å². The number of aromatic amines is 1. The Balaban J connectivity index is 2.66. The van der Waals surface area contributed by atoms with Gasteiger partial charge in [0.25, 0.3) is 5.56 Å². The van der Waals surface area contributed by atoms with Gasteiger partial charge in [-0.1, -0.05) is 0 Å². The van der Waals surface area contributed by atoms with Crippen LogP contribution in [0.1, 0.15) is 5.69 Å². The summed E-state index contributed by atoms with van der Waals surface area (Å²) < 4.78 is 2.26. The Labute approximate surface area is 94.3 Å². The molecule has 0 aliphatic carbocycles. The Morgan fingerprint density at radius 3 is 2.80 bits per heavy atom. The molecule has 15 heavy (non-hydrogen) atoms. The predicted molar refractivity (Wildman–Crippen MR) is 59.5 cm³/mol. The van der Waals surface area contributed by atoms with E-state index in [4.69, 9.17) is 0 Å². The van der Waals surface area contributed by atoms with Gasteiger partial charge in [-0.2, -0.15) is 0 Å². The van der Waals surface area contributed by atoms with E-state index in [9.17, 15) is 4.79 Å². The third kappa shape index (κ3) is 1.72. The van der Waals surface area contributed by atoms with Gasteiger partial charge in [-0.25, -0.2) is 9.97 Å². The van der Waals surface area contributed by atoms with Gasteiger partial charge in [-0.3, -0.25) is 4.79 Å². The van der Waals surface area contributed by atoms with Crippen LogP contribution in [0.2, 0.25) is 0 Å². The third-order valence-electron chi connectivity index (χ3n) is 2.06. The SMILES string of the molecule is Cc1nc(-c2nccn2C)[nH]c(=O)c1Br. The molecule has 0 saturated heterocycles. The van der Waals surface area contributed by atoms with E-state index in [1.165, 1.54) is 0 Å². The van der Waals surface area contributed by atoms with Crippen molar-refractivity contribution in [3.05, 3.63) is 32.9 Å². The van der Waals surface area contributed by atoms with Crippen LogP contribution in [-0.4, -0.2) is 19.5 Å². The summed E-state index contributed by atoms with van der Waals surface area (Å²) in [6.45, 7) is 1.77. The van der Waals surface area contributed by atoms with E-state index in [0.29, 0.717) is 21.8 Å². The van der Waals surface area contributed by atoms with Gasteiger partial charge in [0.15, 0.2) is 11.6 Å². The van der Waals surface area contributed by atoms with Crippen molar-refractivity contribution >= 4 is 15.9 Å². The smallest absolute Gasteiger partial charge is 0.265 e. The Morgan fingerprint density at radius 2 is 2.27 bits per heavy atom. The topological polar surface area (TPSA) is 63.6 Å². The number of imidazole rings is 1. The van der Waals surface area contributed by atoms with Gasteiger partial charge in [-0.05, 0) is 22.9 Å². The summed E-state index contributed by atoms with van der Waals surface area (Å²) in [5.41, 5.74) is 0.456. The van der Waals surface area contributed by atoms with Gasteiger partial charge in [0, 0.05) is 19.4 Å². The maximum Gasteiger partial charge on any atom is 0.265 e. The van der Waals surface area contributed by atoms with Crippen molar-refractivity contribution in [3.63, 3.8) is 0 Å². The maximum absolute atomic E-state index is 11.5. The first-order valence-electron chi connectivity index (χ1n) is 4.33. The van der Waals surface area contributed by atoms with Crippen molar-refractivity contribution in [3.8, 4) is 11.6 Å². The average Bonchev–Trinajstić information content (AvgIpc) is 2.60. The lowest BCUT2D eigenvalue weighted by Crippen LogP contribution is -2.13. The zero-order valence-electron chi connectivity index (χ0n) is 8.28. The first-order valence-corrected chi connectivity index (χ1v) is 5.13. The highest BCUT2D eigenvalue weighted by atomic mass is 79.9. The van der Waals surface area contributed by atoms with E-state index in [2.05, 4.69) is 30.9 Å². The fraction of sp³-hybridized carbons (Fsp3) is 0.222. The van der Waals surface area contributed by atoms with E-state index in [1.807, 2.05) is 7.05 Å². The fourth-order valence-corrected chi connectivity index (χ4v) is 1.46. The molecule has 78 valence electrons. The molecule has 0 saturated carbocycles. The molecule has 0 atom stereocenters. The molecule has 1 N–H and O–H groups in total. The zero-order valence-corrected chi connectivity index (χ0v) is 9.87. The molecule has 2 rings (SSSR count). The quantitative estimate of drug-likeness (QED) is 0.847. The lowest BCUT2D eigenvalue weighted by Gasteiger charge is -2.02. The average molecular weight is 269 g/mol. The highest BCUT2D eigenvalue weighted by Crippen LogP contribution is 2.13. The van der Waals surface area contributed by atoms with Crippen LogP contribution >= 0.6 is 15.9 Å². The molecule has 0 unspecified atom stereocenters. The van der Waals surface area contributed by atoms with E-state index < -0.39 is 0 Å². The van der Waals surface area contributed by atoms with Gasteiger partial charge in [0.05, 0.1) is 5.69 Å². The van der Waals surface area contributed by atoms with E-state index in [-0.39, 0.29) is 5.56 Å². The Bertz CT molecular complexity index is 557. The molecule has 6 heteroatoms. The molecule has 0 aliphatic heterocycles. The van der Waals surface area contributed by atoms with Crippen LogP contribution in [0.15, 0.2) is 21.7 Å². The summed E-state index contributed by atoms with van der Waals surface area (Å²) in [5.74, 6) is 1.12. The molecule has 0 amide bonds. The molecule has 0 bridgehead atoms. The van der Waals surface area contributed by atoms with Crippen molar-refractivity contribution in [1.82, 2.24) is 19.5 Å². The van der Waals surface area contributed by atoms with Crippen LogP contribution in [0, 0.1) is 6.92 Å². The minimum absolute atomic E-state index is 0.194. The first-order chi connectivity index (χ1) is 7.09. The molecule has 2 aromatic rings. The van der Waals surface area contributed by atoms with E-state index in [0.717, 1.165) is 0 Å². The first kappa shape index (κ1) is 10.1. The highest BCUT2D eigenvalue weighted by molar-refractivity contribution is 9.10. The summed E-state index contributed by atoms with van der Waals surface area (Å²) in [5, 5.41) is 0. The van der Waals surface area contributed by atoms with E-state index >= 15 is 0 Å². The third-order valence-corrected chi connectivity index (χ3v) is 3.00. The summed E-state index contributed by atoms with van der Waals surface area (Å²) in [6.07, 6.45) is 3.46. The fourth-order valence-electron chi connectivity index (χ4n) is 1.27. The molecule has 2 heterocycles. The number of hydrogen-bond donors (Lipinski definition) is 1. The number of hydrogen-bond acceptors (Lipinski definition) is 3.